The summed E-state index contributed by atoms with van der Waals surface area (Å²) in [5.41, 5.74) is 1.89. The minimum atomic E-state index is -0.170. The number of nitrogens with one attached hydrogen (secondary N) is 1. The van der Waals surface area contributed by atoms with Crippen LogP contribution in [0.15, 0.2) is 11.6 Å². The minimum absolute atomic E-state index is 0.170. The van der Waals surface area contributed by atoms with E-state index in [0.29, 0.717) is 5.03 Å². The number of aryl methyl sites for hydroxylation is 1. The van der Waals surface area contributed by atoms with E-state index in [2.05, 4.69) is 37.2 Å². The van der Waals surface area contributed by atoms with E-state index < -0.39 is 0 Å². The van der Waals surface area contributed by atoms with Gasteiger partial charge in [-0.1, -0.05) is 20.4 Å². The first-order valence-electron chi connectivity index (χ1n) is 6.12. The average Bonchev–Trinajstić information content (AvgIpc) is 2.68. The van der Waals surface area contributed by atoms with E-state index in [9.17, 15) is 4.79 Å². The number of hydrogen-bond acceptors (Lipinski definition) is 4. The van der Waals surface area contributed by atoms with Gasteiger partial charge in [-0.15, -0.1) is 36.6 Å². The molecule has 0 amide bonds. The zero-order chi connectivity index (χ0) is 13.7. The van der Waals surface area contributed by atoms with Gasteiger partial charge >= 0.3 is 0 Å². The molecule has 0 aliphatic heterocycles. The Kier molecular flexibility index (Phi) is 6.32. The first-order chi connectivity index (χ1) is 8.59. The summed E-state index contributed by atoms with van der Waals surface area (Å²) in [5.74, 6) is 0. The van der Waals surface area contributed by atoms with Gasteiger partial charge in [0, 0.05) is 4.88 Å². The summed E-state index contributed by atoms with van der Waals surface area (Å²) < 4.78 is 0. The molecule has 0 fully saturated rings. The smallest absolute Gasteiger partial charge is 0.219 e. The predicted octanol–water partition coefficient (Wildman–Crippen LogP) is 4.54. The van der Waals surface area contributed by atoms with Crippen molar-refractivity contribution in [3.05, 3.63) is 27.6 Å². The van der Waals surface area contributed by atoms with Gasteiger partial charge in [-0.2, -0.15) is 0 Å². The van der Waals surface area contributed by atoms with Crippen LogP contribution in [0.4, 0.5) is 5.00 Å². The second kappa shape index (κ2) is 7.26. The second-order valence-corrected chi connectivity index (χ2v) is 5.84. The van der Waals surface area contributed by atoms with Crippen LogP contribution in [0.3, 0.4) is 0 Å². The number of anilines is 1. The summed E-state index contributed by atoms with van der Waals surface area (Å²) in [6, 6.07) is 0. The van der Waals surface area contributed by atoms with E-state index in [1.807, 2.05) is 13.8 Å². The fourth-order valence-electron chi connectivity index (χ4n) is 2.01. The average molecular weight is 302 g/mol. The van der Waals surface area contributed by atoms with Crippen LogP contribution in [0, 0.1) is 0 Å². The molecule has 100 valence electrons. The highest BCUT2D eigenvalue weighted by Crippen LogP contribution is 2.39. The summed E-state index contributed by atoms with van der Waals surface area (Å²) in [6.07, 6.45) is 4.40. The molecule has 1 heterocycles. The SMILES string of the molecule is C=C(S)Nc1sc2c(c1C(=O)S)CCCC2.CC. The molecule has 1 N–H and O–H groups in total. The number of thiol groups is 2. The van der Waals surface area contributed by atoms with Crippen LogP contribution < -0.4 is 5.32 Å². The Morgan fingerprint density at radius 2 is 1.89 bits per heavy atom. The summed E-state index contributed by atoms with van der Waals surface area (Å²) >= 11 is 9.69. The molecule has 0 bridgehead atoms. The van der Waals surface area contributed by atoms with E-state index in [-0.39, 0.29) is 5.12 Å². The lowest BCUT2D eigenvalue weighted by molar-refractivity contribution is 0.109. The molecule has 0 aromatic carbocycles. The second-order valence-electron chi connectivity index (χ2n) is 3.79. The molecule has 0 saturated carbocycles. The molecular formula is C13H19NOS3. The van der Waals surface area contributed by atoms with Crippen molar-refractivity contribution in [3.63, 3.8) is 0 Å². The molecule has 0 unspecified atom stereocenters. The third-order valence-corrected chi connectivity index (χ3v) is 4.19. The van der Waals surface area contributed by atoms with Crippen molar-refractivity contribution in [2.24, 2.45) is 0 Å². The monoisotopic (exact) mass is 301 g/mol. The summed E-state index contributed by atoms with van der Waals surface area (Å²) in [6.45, 7) is 7.68. The third kappa shape index (κ3) is 3.56. The van der Waals surface area contributed by atoms with Gasteiger partial charge in [0.25, 0.3) is 0 Å². The van der Waals surface area contributed by atoms with Crippen molar-refractivity contribution in [1.82, 2.24) is 0 Å². The highest BCUT2D eigenvalue weighted by Gasteiger charge is 2.23. The molecule has 1 aliphatic rings. The lowest BCUT2D eigenvalue weighted by atomic mass is 9.96. The molecule has 2 nitrogen and oxygen atoms in total. The van der Waals surface area contributed by atoms with Crippen molar-refractivity contribution in [2.75, 3.05) is 5.32 Å². The van der Waals surface area contributed by atoms with Crippen LogP contribution >= 0.6 is 36.6 Å². The molecule has 0 radical (unpaired) electrons. The van der Waals surface area contributed by atoms with Gasteiger partial charge in [0.1, 0.15) is 5.00 Å². The standard InChI is InChI=1S/C11H13NOS3.C2H6/c1-6(14)12-10-9(11(13)15)7-4-2-3-5-8(7)16-10;1-2/h12,14H,1-5H2,(H,13,15);1-2H3. The summed E-state index contributed by atoms with van der Waals surface area (Å²) in [7, 11) is 0. The lowest BCUT2D eigenvalue weighted by Crippen LogP contribution is -2.04. The van der Waals surface area contributed by atoms with Gasteiger partial charge in [0.2, 0.25) is 5.12 Å². The quantitative estimate of drug-likeness (QED) is 0.716. The van der Waals surface area contributed by atoms with Gasteiger partial charge in [0.05, 0.1) is 10.6 Å². The van der Waals surface area contributed by atoms with Crippen LogP contribution in [0.5, 0.6) is 0 Å². The van der Waals surface area contributed by atoms with Gasteiger partial charge in [0.15, 0.2) is 0 Å². The first-order valence-corrected chi connectivity index (χ1v) is 7.83. The third-order valence-electron chi connectivity index (χ3n) is 2.64. The highest BCUT2D eigenvalue weighted by atomic mass is 32.1. The Morgan fingerprint density at radius 3 is 2.44 bits per heavy atom. The van der Waals surface area contributed by atoms with E-state index in [4.69, 9.17) is 0 Å². The Labute approximate surface area is 124 Å². The fraction of sp³-hybridized carbons (Fsp3) is 0.462. The molecule has 0 atom stereocenters. The van der Waals surface area contributed by atoms with Gasteiger partial charge in [-0.25, -0.2) is 0 Å². The van der Waals surface area contributed by atoms with Gasteiger partial charge < -0.3 is 5.32 Å². The number of thiophene rings is 1. The van der Waals surface area contributed by atoms with Crippen LogP contribution in [-0.2, 0) is 12.8 Å². The molecule has 1 aliphatic carbocycles. The van der Waals surface area contributed by atoms with Crippen molar-refractivity contribution in [1.29, 1.82) is 0 Å². The Bertz CT molecular complexity index is 451. The number of carbonyl (C=O) groups is 1. The zero-order valence-corrected chi connectivity index (χ0v) is 13.4. The zero-order valence-electron chi connectivity index (χ0n) is 10.7. The largest absolute Gasteiger partial charge is 0.342 e. The summed E-state index contributed by atoms with van der Waals surface area (Å²) in [5, 5.41) is 4.25. The van der Waals surface area contributed by atoms with E-state index in [1.54, 1.807) is 11.3 Å². The molecule has 1 aromatic heterocycles. The highest BCUT2D eigenvalue weighted by molar-refractivity contribution is 7.97. The maximum atomic E-state index is 11.6. The van der Waals surface area contributed by atoms with Crippen LogP contribution in [0.2, 0.25) is 0 Å². The van der Waals surface area contributed by atoms with Crippen LogP contribution in [0.1, 0.15) is 47.5 Å². The van der Waals surface area contributed by atoms with Crippen LogP contribution in [0.25, 0.3) is 0 Å². The Hall–Kier alpha value is -0.390. The Morgan fingerprint density at radius 1 is 1.28 bits per heavy atom. The van der Waals surface area contributed by atoms with Crippen molar-refractivity contribution in [2.45, 2.75) is 39.5 Å². The number of rotatable bonds is 3. The lowest BCUT2D eigenvalue weighted by Gasteiger charge is -2.11. The minimum Gasteiger partial charge on any atom is -0.342 e. The van der Waals surface area contributed by atoms with E-state index in [1.165, 1.54) is 16.9 Å². The topological polar surface area (TPSA) is 29.1 Å². The fourth-order valence-corrected chi connectivity index (χ4v) is 3.83. The Balaban J connectivity index is 0.000000771. The molecule has 1 aromatic rings. The summed E-state index contributed by atoms with van der Waals surface area (Å²) in [4.78, 5) is 12.9. The number of hydrogen-bond donors (Lipinski definition) is 3. The first kappa shape index (κ1) is 15.7. The molecular weight excluding hydrogens is 282 g/mol. The predicted molar refractivity (Wildman–Crippen MR) is 87.4 cm³/mol. The van der Waals surface area contributed by atoms with Gasteiger partial charge in [-0.05, 0) is 31.2 Å². The normalized spacial score (nSPS) is 13.1. The molecule has 0 saturated heterocycles. The molecule has 2 rings (SSSR count). The van der Waals surface area contributed by atoms with E-state index >= 15 is 0 Å². The van der Waals surface area contributed by atoms with Crippen molar-refractivity contribution >= 4 is 46.7 Å². The maximum absolute atomic E-state index is 11.6. The van der Waals surface area contributed by atoms with Crippen molar-refractivity contribution < 1.29 is 4.79 Å². The molecule has 18 heavy (non-hydrogen) atoms. The maximum Gasteiger partial charge on any atom is 0.219 e. The number of fused-ring (bicyclic) bond motifs is 1. The van der Waals surface area contributed by atoms with Crippen molar-refractivity contribution in [3.8, 4) is 0 Å². The van der Waals surface area contributed by atoms with Gasteiger partial charge in [-0.3, -0.25) is 4.79 Å². The molecule has 5 heteroatoms. The molecule has 0 spiro atoms. The van der Waals surface area contributed by atoms with E-state index in [0.717, 1.165) is 29.8 Å². The number of carbonyl (C=O) groups excluding carboxylic acids is 1. The van der Waals surface area contributed by atoms with Crippen LogP contribution in [-0.4, -0.2) is 5.12 Å².